The third kappa shape index (κ3) is 3.77. The minimum atomic E-state index is -1.24. The molecule has 0 aromatic heterocycles. The Morgan fingerprint density at radius 1 is 0.739 bits per heavy atom. The van der Waals surface area contributed by atoms with Gasteiger partial charge in [-0.25, -0.2) is 0 Å². The zero-order valence-corrected chi connectivity index (χ0v) is 18.9. The summed E-state index contributed by atoms with van der Waals surface area (Å²) in [5, 5.41) is 3.52. The fourth-order valence-corrected chi connectivity index (χ4v) is 11.8. The Labute approximate surface area is 152 Å². The van der Waals surface area contributed by atoms with Crippen LogP contribution in [0, 0.1) is 0 Å². The minimum absolute atomic E-state index is 1.19. The summed E-state index contributed by atoms with van der Waals surface area (Å²) < 4.78 is 3.41. The van der Waals surface area contributed by atoms with Crippen molar-refractivity contribution in [2.75, 3.05) is 0 Å². The van der Waals surface area contributed by atoms with Crippen molar-refractivity contribution in [1.29, 1.82) is 0 Å². The van der Waals surface area contributed by atoms with Gasteiger partial charge in [0.2, 0.25) is 0 Å². The van der Waals surface area contributed by atoms with Crippen LogP contribution in [0.3, 0.4) is 0 Å². The molecule has 0 unspecified atom stereocenters. The van der Waals surface area contributed by atoms with Crippen LogP contribution in [0.15, 0.2) is 43.8 Å². The van der Waals surface area contributed by atoms with Gasteiger partial charge in [-0.05, 0) is 0 Å². The SMILES string of the molecule is CC[Si](C)(CC)C1=[C]([Ni][C]2=C([Si](C)(CC)CC)C=CC2)CC=C1. The van der Waals surface area contributed by atoms with E-state index in [-0.39, 0.29) is 0 Å². The predicted molar refractivity (Wildman–Crippen MR) is 107 cm³/mol. The summed E-state index contributed by atoms with van der Waals surface area (Å²) in [5.74, 6) is 0. The third-order valence-corrected chi connectivity index (χ3v) is 18.0. The van der Waals surface area contributed by atoms with E-state index in [2.05, 4.69) is 65.1 Å². The van der Waals surface area contributed by atoms with Gasteiger partial charge >= 0.3 is 152 Å². The van der Waals surface area contributed by atoms with Crippen molar-refractivity contribution in [2.45, 2.75) is 77.8 Å². The second-order valence-corrected chi connectivity index (χ2v) is 19.0. The molecule has 0 atom stereocenters. The Balaban J connectivity index is 2.34. The van der Waals surface area contributed by atoms with Gasteiger partial charge in [0.05, 0.1) is 0 Å². The summed E-state index contributed by atoms with van der Waals surface area (Å²) in [4.78, 5) is 0. The van der Waals surface area contributed by atoms with Gasteiger partial charge in [-0.15, -0.1) is 0 Å². The Kier molecular flexibility index (Phi) is 6.55. The average molecular weight is 389 g/mol. The summed E-state index contributed by atoms with van der Waals surface area (Å²) in [6.45, 7) is 14.8. The summed E-state index contributed by atoms with van der Waals surface area (Å²) in [6.07, 6.45) is 12.2. The Bertz CT molecular complexity index is 508. The molecule has 0 fully saturated rings. The molecule has 0 aromatic carbocycles. The fraction of sp³-hybridized carbons (Fsp3) is 0.600. The molecule has 132 valence electrons. The quantitative estimate of drug-likeness (QED) is 0.400. The van der Waals surface area contributed by atoms with Crippen LogP contribution in [0.1, 0.15) is 40.5 Å². The van der Waals surface area contributed by atoms with Crippen molar-refractivity contribution in [3.05, 3.63) is 43.8 Å². The van der Waals surface area contributed by atoms with E-state index < -0.39 is 16.1 Å². The number of hydrogen-bond acceptors (Lipinski definition) is 0. The van der Waals surface area contributed by atoms with Gasteiger partial charge in [0.15, 0.2) is 0 Å². The molecule has 2 aliphatic rings. The standard InChI is InChI=1S/2C10H17Si.Ni/c2*1-4-11(3,5-2)10-8-6-7-9-10;/h2*6,8H,4-5,7H2,1-3H3;. The van der Waals surface area contributed by atoms with Crippen LogP contribution in [0.4, 0.5) is 0 Å². The molecular formula is C20H34NiSi2. The molecule has 0 heterocycles. The first-order chi connectivity index (χ1) is 10.9. The van der Waals surface area contributed by atoms with Gasteiger partial charge in [0.25, 0.3) is 0 Å². The fourth-order valence-electron chi connectivity index (χ4n) is 3.48. The van der Waals surface area contributed by atoms with Crippen molar-refractivity contribution in [1.82, 2.24) is 0 Å². The maximum atomic E-state index is 2.58. The Morgan fingerprint density at radius 2 is 1.09 bits per heavy atom. The topological polar surface area (TPSA) is 0 Å². The monoisotopic (exact) mass is 388 g/mol. The van der Waals surface area contributed by atoms with Crippen molar-refractivity contribution in [3.63, 3.8) is 0 Å². The molecule has 0 spiro atoms. The number of hydrogen-bond donors (Lipinski definition) is 0. The average Bonchev–Trinajstić information content (AvgIpc) is 3.24. The first-order valence-electron chi connectivity index (χ1n) is 9.33. The molecule has 0 nitrogen and oxygen atoms in total. The predicted octanol–water partition coefficient (Wildman–Crippen LogP) is 6.81. The van der Waals surface area contributed by atoms with Gasteiger partial charge in [0.1, 0.15) is 0 Å². The molecule has 0 saturated heterocycles. The summed E-state index contributed by atoms with van der Waals surface area (Å²) in [7, 11) is -2.48. The van der Waals surface area contributed by atoms with Gasteiger partial charge in [-0.1, -0.05) is 0 Å². The van der Waals surface area contributed by atoms with Crippen LogP contribution in [-0.4, -0.2) is 16.1 Å². The molecule has 23 heavy (non-hydrogen) atoms. The maximum absolute atomic E-state index is 2.58. The molecule has 0 aliphatic heterocycles. The van der Waals surface area contributed by atoms with Crippen LogP contribution in [0.2, 0.25) is 37.3 Å². The van der Waals surface area contributed by atoms with Gasteiger partial charge in [-0.3, -0.25) is 0 Å². The van der Waals surface area contributed by atoms with Crippen molar-refractivity contribution < 1.29 is 14.4 Å². The molecule has 2 aliphatic carbocycles. The normalized spacial score (nSPS) is 18.9. The van der Waals surface area contributed by atoms with E-state index in [0.717, 1.165) is 0 Å². The summed E-state index contributed by atoms with van der Waals surface area (Å²) in [5.41, 5.74) is 0. The molecule has 2 rings (SSSR count). The van der Waals surface area contributed by atoms with Crippen LogP contribution < -0.4 is 0 Å². The summed E-state index contributed by atoms with van der Waals surface area (Å²) >= 11 is 1.93. The van der Waals surface area contributed by atoms with Gasteiger partial charge in [0, 0.05) is 0 Å². The second kappa shape index (κ2) is 7.85. The first kappa shape index (κ1) is 19.2. The van der Waals surface area contributed by atoms with Gasteiger partial charge in [-0.2, -0.15) is 0 Å². The zero-order valence-electron chi connectivity index (χ0n) is 15.9. The van der Waals surface area contributed by atoms with Crippen molar-refractivity contribution >= 4 is 16.1 Å². The van der Waals surface area contributed by atoms with E-state index in [4.69, 9.17) is 0 Å². The molecule has 0 amide bonds. The molecule has 3 heteroatoms. The van der Waals surface area contributed by atoms with Crippen molar-refractivity contribution in [3.8, 4) is 0 Å². The van der Waals surface area contributed by atoms with E-state index in [9.17, 15) is 0 Å². The summed E-state index contributed by atoms with van der Waals surface area (Å²) in [6, 6.07) is 5.49. The number of rotatable bonds is 8. The van der Waals surface area contributed by atoms with E-state index in [1.807, 2.05) is 14.4 Å². The van der Waals surface area contributed by atoms with E-state index in [1.54, 1.807) is 19.5 Å². The van der Waals surface area contributed by atoms with Crippen LogP contribution in [0.5, 0.6) is 0 Å². The second-order valence-electron chi connectivity index (χ2n) is 7.39. The van der Waals surface area contributed by atoms with Gasteiger partial charge < -0.3 is 0 Å². The molecule has 0 bridgehead atoms. The van der Waals surface area contributed by atoms with Crippen LogP contribution in [0.25, 0.3) is 0 Å². The van der Waals surface area contributed by atoms with E-state index >= 15 is 0 Å². The van der Waals surface area contributed by atoms with E-state index in [0.29, 0.717) is 0 Å². The Morgan fingerprint density at radius 3 is 1.39 bits per heavy atom. The number of allylic oxidation sites excluding steroid dienone is 8. The third-order valence-electron chi connectivity index (χ3n) is 6.30. The van der Waals surface area contributed by atoms with E-state index in [1.165, 1.54) is 37.0 Å². The van der Waals surface area contributed by atoms with Crippen LogP contribution >= 0.6 is 0 Å². The Hall–Kier alpha value is -0.113. The zero-order chi connectivity index (χ0) is 17.1. The molecule has 0 aromatic rings. The molecule has 0 N–H and O–H groups in total. The molecular weight excluding hydrogens is 355 g/mol. The van der Waals surface area contributed by atoms with Crippen LogP contribution in [-0.2, 0) is 14.4 Å². The first-order valence-corrected chi connectivity index (χ1v) is 16.1. The molecule has 0 saturated carbocycles. The van der Waals surface area contributed by atoms with Crippen molar-refractivity contribution in [2.24, 2.45) is 0 Å². The molecule has 0 radical (unpaired) electrons.